The quantitative estimate of drug-likeness (QED) is 0.530. The normalized spacial score (nSPS) is 10.2. The van der Waals surface area contributed by atoms with Crippen molar-refractivity contribution in [1.82, 2.24) is 4.98 Å². The van der Waals surface area contributed by atoms with Gasteiger partial charge in [0, 0.05) is 12.6 Å². The minimum absolute atomic E-state index is 0.0572. The van der Waals surface area contributed by atoms with Crippen LogP contribution in [0.5, 0.6) is 0 Å². The summed E-state index contributed by atoms with van der Waals surface area (Å²) in [7, 11) is 0. The second-order valence-electron chi connectivity index (χ2n) is 3.74. The molecular weight excluding hydrogens is 273 g/mol. The molecule has 0 bridgehead atoms. The van der Waals surface area contributed by atoms with Gasteiger partial charge < -0.3 is 5.32 Å². The molecule has 98 valence electrons. The van der Waals surface area contributed by atoms with Crippen LogP contribution < -0.4 is 5.32 Å². The fourth-order valence-corrected chi connectivity index (χ4v) is 1.69. The lowest BCUT2D eigenvalue weighted by Gasteiger charge is -2.06. The molecule has 0 saturated carbocycles. The molecule has 0 fully saturated rings. The first-order valence-corrected chi connectivity index (χ1v) is 5.73. The van der Waals surface area contributed by atoms with E-state index >= 15 is 0 Å². The number of benzene rings is 1. The van der Waals surface area contributed by atoms with Crippen LogP contribution in [0.15, 0.2) is 36.4 Å². The van der Waals surface area contributed by atoms with E-state index < -0.39 is 4.92 Å². The van der Waals surface area contributed by atoms with Gasteiger partial charge in [-0.25, -0.2) is 9.37 Å². The SMILES string of the molecule is O=[N+]([O-])c1ccc(Cl)nc1NCc1cccc(F)c1. The third kappa shape index (κ3) is 3.38. The molecule has 0 radical (unpaired) electrons. The van der Waals surface area contributed by atoms with E-state index in [9.17, 15) is 14.5 Å². The van der Waals surface area contributed by atoms with Crippen LogP contribution in [0.25, 0.3) is 0 Å². The first-order valence-electron chi connectivity index (χ1n) is 5.35. The highest BCUT2D eigenvalue weighted by Crippen LogP contribution is 2.24. The zero-order valence-corrected chi connectivity index (χ0v) is 10.4. The predicted molar refractivity (Wildman–Crippen MR) is 69.6 cm³/mol. The van der Waals surface area contributed by atoms with Crippen molar-refractivity contribution in [3.8, 4) is 0 Å². The first kappa shape index (κ1) is 13.2. The van der Waals surface area contributed by atoms with Crippen LogP contribution in [0.1, 0.15) is 5.56 Å². The number of hydrogen-bond donors (Lipinski definition) is 1. The Hall–Kier alpha value is -2.21. The number of nitrogens with one attached hydrogen (secondary N) is 1. The number of aromatic nitrogens is 1. The molecule has 0 aliphatic rings. The summed E-state index contributed by atoms with van der Waals surface area (Å²) in [5.41, 5.74) is 0.469. The van der Waals surface area contributed by atoms with Crippen LogP contribution >= 0.6 is 11.6 Å². The van der Waals surface area contributed by atoms with Crippen LogP contribution in [0.4, 0.5) is 15.9 Å². The number of nitrogens with zero attached hydrogens (tertiary/aromatic N) is 2. The molecule has 5 nitrogen and oxygen atoms in total. The van der Waals surface area contributed by atoms with Gasteiger partial charge in [-0.15, -0.1) is 0 Å². The highest BCUT2D eigenvalue weighted by Gasteiger charge is 2.15. The van der Waals surface area contributed by atoms with Crippen molar-refractivity contribution >= 4 is 23.1 Å². The zero-order valence-electron chi connectivity index (χ0n) is 9.64. The average molecular weight is 282 g/mol. The highest BCUT2D eigenvalue weighted by atomic mass is 35.5. The molecule has 0 saturated heterocycles. The molecule has 0 aliphatic heterocycles. The van der Waals surface area contributed by atoms with E-state index in [2.05, 4.69) is 10.3 Å². The van der Waals surface area contributed by atoms with Crippen molar-refractivity contribution < 1.29 is 9.31 Å². The minimum atomic E-state index is -0.558. The maximum atomic E-state index is 13.0. The molecule has 0 unspecified atom stereocenters. The Labute approximate surface area is 113 Å². The van der Waals surface area contributed by atoms with E-state index in [0.29, 0.717) is 5.56 Å². The van der Waals surface area contributed by atoms with Gasteiger partial charge in [0.25, 0.3) is 0 Å². The molecule has 1 aromatic carbocycles. The van der Waals surface area contributed by atoms with E-state index in [1.807, 2.05) is 0 Å². The molecule has 2 aromatic rings. The third-order valence-electron chi connectivity index (χ3n) is 2.39. The second-order valence-corrected chi connectivity index (χ2v) is 4.13. The van der Waals surface area contributed by atoms with Crippen LogP contribution in [-0.2, 0) is 6.54 Å². The minimum Gasteiger partial charge on any atom is -0.360 e. The van der Waals surface area contributed by atoms with Gasteiger partial charge in [-0.1, -0.05) is 23.7 Å². The Kier molecular flexibility index (Phi) is 3.91. The maximum Gasteiger partial charge on any atom is 0.311 e. The Bertz CT molecular complexity index is 622. The Morgan fingerprint density at radius 1 is 1.37 bits per heavy atom. The van der Waals surface area contributed by atoms with Gasteiger partial charge >= 0.3 is 5.69 Å². The van der Waals surface area contributed by atoms with Crippen LogP contribution in [0.2, 0.25) is 5.15 Å². The molecule has 1 N–H and O–H groups in total. The molecule has 7 heteroatoms. The van der Waals surface area contributed by atoms with Gasteiger partial charge in [0.15, 0.2) is 0 Å². The molecule has 0 amide bonds. The van der Waals surface area contributed by atoms with Gasteiger partial charge in [0.1, 0.15) is 11.0 Å². The summed E-state index contributed by atoms with van der Waals surface area (Å²) in [6.07, 6.45) is 0. The van der Waals surface area contributed by atoms with Gasteiger partial charge in [0.2, 0.25) is 5.82 Å². The van der Waals surface area contributed by atoms with Crippen molar-refractivity contribution in [3.63, 3.8) is 0 Å². The lowest BCUT2D eigenvalue weighted by atomic mass is 10.2. The molecule has 2 rings (SSSR count). The summed E-state index contributed by atoms with van der Waals surface area (Å²) in [4.78, 5) is 14.1. The molecule has 0 atom stereocenters. The number of halogens is 2. The summed E-state index contributed by atoms with van der Waals surface area (Å²) in [5.74, 6) is -0.311. The standard InChI is InChI=1S/C12H9ClFN3O2/c13-11-5-4-10(17(18)19)12(16-11)15-7-8-2-1-3-9(14)6-8/h1-6H,7H2,(H,15,16). The van der Waals surface area contributed by atoms with E-state index in [4.69, 9.17) is 11.6 Å². The fourth-order valence-electron chi connectivity index (χ4n) is 1.54. The summed E-state index contributed by atoms with van der Waals surface area (Å²) in [6, 6.07) is 8.53. The summed E-state index contributed by atoms with van der Waals surface area (Å²) in [6.45, 7) is 0.214. The van der Waals surface area contributed by atoms with E-state index in [-0.39, 0.29) is 29.0 Å². The van der Waals surface area contributed by atoms with Crippen molar-refractivity contribution in [1.29, 1.82) is 0 Å². The summed E-state index contributed by atoms with van der Waals surface area (Å²) < 4.78 is 13.0. The monoisotopic (exact) mass is 281 g/mol. The highest BCUT2D eigenvalue weighted by molar-refractivity contribution is 6.29. The molecule has 0 aliphatic carbocycles. The lowest BCUT2D eigenvalue weighted by Crippen LogP contribution is -2.05. The first-order chi connectivity index (χ1) is 9.06. The van der Waals surface area contributed by atoms with Crippen molar-refractivity contribution in [2.24, 2.45) is 0 Å². The van der Waals surface area contributed by atoms with E-state index in [0.717, 1.165) is 0 Å². The molecule has 0 spiro atoms. The zero-order chi connectivity index (χ0) is 13.8. The van der Waals surface area contributed by atoms with Gasteiger partial charge in [-0.05, 0) is 23.8 Å². The topological polar surface area (TPSA) is 68.1 Å². The van der Waals surface area contributed by atoms with E-state index in [1.165, 1.54) is 24.3 Å². The van der Waals surface area contributed by atoms with E-state index in [1.54, 1.807) is 12.1 Å². The number of anilines is 1. The van der Waals surface area contributed by atoms with Crippen LogP contribution in [-0.4, -0.2) is 9.91 Å². The fraction of sp³-hybridized carbons (Fsp3) is 0.0833. The number of rotatable bonds is 4. The Balaban J connectivity index is 2.19. The maximum absolute atomic E-state index is 13.0. The lowest BCUT2D eigenvalue weighted by molar-refractivity contribution is -0.384. The molecular formula is C12H9ClFN3O2. The Morgan fingerprint density at radius 2 is 2.16 bits per heavy atom. The molecule has 1 aromatic heterocycles. The average Bonchev–Trinajstić information content (AvgIpc) is 2.36. The van der Waals surface area contributed by atoms with Gasteiger partial charge in [-0.3, -0.25) is 10.1 Å². The number of nitro groups is 1. The smallest absolute Gasteiger partial charge is 0.311 e. The predicted octanol–water partition coefficient (Wildman–Crippen LogP) is 3.39. The summed E-state index contributed by atoms with van der Waals surface area (Å²) >= 11 is 5.69. The van der Waals surface area contributed by atoms with Crippen LogP contribution in [0, 0.1) is 15.9 Å². The van der Waals surface area contributed by atoms with Crippen molar-refractivity contribution in [2.45, 2.75) is 6.54 Å². The summed E-state index contributed by atoms with van der Waals surface area (Å²) in [5, 5.41) is 13.7. The van der Waals surface area contributed by atoms with Crippen molar-refractivity contribution in [3.05, 3.63) is 63.0 Å². The largest absolute Gasteiger partial charge is 0.360 e. The van der Waals surface area contributed by atoms with Crippen molar-refractivity contribution in [2.75, 3.05) is 5.32 Å². The second kappa shape index (κ2) is 5.62. The molecule has 19 heavy (non-hydrogen) atoms. The Morgan fingerprint density at radius 3 is 2.84 bits per heavy atom. The van der Waals surface area contributed by atoms with Gasteiger partial charge in [0.05, 0.1) is 4.92 Å². The third-order valence-corrected chi connectivity index (χ3v) is 2.60. The number of pyridine rings is 1. The molecule has 1 heterocycles. The van der Waals surface area contributed by atoms with Gasteiger partial charge in [-0.2, -0.15) is 0 Å². The number of hydrogen-bond acceptors (Lipinski definition) is 4. The van der Waals surface area contributed by atoms with Crippen LogP contribution in [0.3, 0.4) is 0 Å².